The Morgan fingerprint density at radius 3 is 2.66 bits per heavy atom. The quantitative estimate of drug-likeness (QED) is 0.699. The Labute approximate surface area is 173 Å². The highest BCUT2D eigenvalue weighted by atomic mass is 32.2. The van der Waals surface area contributed by atoms with Crippen molar-refractivity contribution in [1.29, 1.82) is 0 Å². The normalized spacial score (nSPS) is 28.5. The van der Waals surface area contributed by atoms with Gasteiger partial charge in [0.05, 0.1) is 5.69 Å². The molecule has 7 heteroatoms. The van der Waals surface area contributed by atoms with Crippen LogP contribution in [0.2, 0.25) is 0 Å². The van der Waals surface area contributed by atoms with Crippen LogP contribution in [-0.4, -0.2) is 44.7 Å². The first-order valence-electron chi connectivity index (χ1n) is 11.1. The van der Waals surface area contributed by atoms with Gasteiger partial charge in [0, 0.05) is 31.6 Å². The van der Waals surface area contributed by atoms with Crippen LogP contribution in [0.5, 0.6) is 0 Å². The van der Waals surface area contributed by atoms with Crippen LogP contribution in [0.15, 0.2) is 27.5 Å². The molecule has 0 bridgehead atoms. The van der Waals surface area contributed by atoms with Gasteiger partial charge in [-0.2, -0.15) is 8.42 Å². The van der Waals surface area contributed by atoms with Gasteiger partial charge in [0.2, 0.25) is 0 Å². The van der Waals surface area contributed by atoms with Crippen molar-refractivity contribution in [2.24, 2.45) is 16.2 Å². The second kappa shape index (κ2) is 7.42. The van der Waals surface area contributed by atoms with Crippen molar-refractivity contribution in [2.75, 3.05) is 24.5 Å². The third-order valence-corrected chi connectivity index (χ3v) is 8.51. The number of rotatable bonds is 1. The number of amidine groups is 1. The van der Waals surface area contributed by atoms with E-state index in [0.29, 0.717) is 29.4 Å². The van der Waals surface area contributed by atoms with Gasteiger partial charge in [0.25, 0.3) is 15.9 Å². The summed E-state index contributed by atoms with van der Waals surface area (Å²) >= 11 is 0. The molecule has 3 aliphatic heterocycles. The summed E-state index contributed by atoms with van der Waals surface area (Å²) in [6.07, 6.45) is 9.91. The van der Waals surface area contributed by atoms with Crippen LogP contribution < -0.4 is 4.90 Å². The Kier molecular flexibility index (Phi) is 4.88. The molecule has 29 heavy (non-hydrogen) atoms. The molecule has 2 saturated heterocycles. The average Bonchev–Trinajstić information content (AvgIpc) is 2.97. The molecule has 1 saturated carbocycles. The predicted octanol–water partition coefficient (Wildman–Crippen LogP) is 3.82. The molecule has 0 unspecified atom stereocenters. The van der Waals surface area contributed by atoms with Gasteiger partial charge in [0.15, 0.2) is 0 Å². The summed E-state index contributed by atoms with van der Waals surface area (Å²) in [7, 11) is -3.76. The fraction of sp³-hybridized carbons (Fsp3) is 0.636. The minimum absolute atomic E-state index is 0.0438. The van der Waals surface area contributed by atoms with Gasteiger partial charge >= 0.3 is 0 Å². The predicted molar refractivity (Wildman–Crippen MR) is 113 cm³/mol. The van der Waals surface area contributed by atoms with Crippen molar-refractivity contribution in [3.63, 3.8) is 0 Å². The summed E-state index contributed by atoms with van der Waals surface area (Å²) in [5, 5.41) is 0. The number of benzene rings is 1. The van der Waals surface area contributed by atoms with E-state index in [1.807, 2.05) is 15.9 Å². The lowest BCUT2D eigenvalue weighted by molar-refractivity contribution is 0.0520. The molecule has 1 aliphatic carbocycles. The van der Waals surface area contributed by atoms with Crippen LogP contribution in [0.1, 0.15) is 68.1 Å². The lowest BCUT2D eigenvalue weighted by Gasteiger charge is -2.41. The van der Waals surface area contributed by atoms with E-state index < -0.39 is 10.0 Å². The largest absolute Gasteiger partial charge is 0.338 e. The summed E-state index contributed by atoms with van der Waals surface area (Å²) in [5.74, 6) is 1.96. The summed E-state index contributed by atoms with van der Waals surface area (Å²) in [6.45, 7) is 2.36. The minimum atomic E-state index is -3.76. The van der Waals surface area contributed by atoms with Crippen molar-refractivity contribution in [2.45, 2.75) is 62.7 Å². The number of sulfonamides is 1. The van der Waals surface area contributed by atoms with E-state index in [4.69, 9.17) is 0 Å². The zero-order valence-electron chi connectivity index (χ0n) is 16.8. The Morgan fingerprint density at radius 2 is 1.79 bits per heavy atom. The number of fused-ring (bicyclic) bond motifs is 4. The minimum Gasteiger partial charge on any atom is -0.338 e. The maximum atomic E-state index is 13.2. The molecule has 1 aromatic rings. The van der Waals surface area contributed by atoms with Gasteiger partial charge in [-0.3, -0.25) is 4.79 Å². The second-order valence-corrected chi connectivity index (χ2v) is 10.5. The molecule has 1 aromatic carbocycles. The number of amides is 1. The van der Waals surface area contributed by atoms with Gasteiger partial charge in [-0.25, -0.2) is 0 Å². The Morgan fingerprint density at radius 1 is 0.966 bits per heavy atom. The molecule has 3 heterocycles. The zero-order valence-corrected chi connectivity index (χ0v) is 17.7. The average molecular weight is 416 g/mol. The molecule has 6 nitrogen and oxygen atoms in total. The van der Waals surface area contributed by atoms with Crippen LogP contribution >= 0.6 is 0 Å². The summed E-state index contributed by atoms with van der Waals surface area (Å²) in [4.78, 5) is 17.3. The fourth-order valence-corrected chi connectivity index (χ4v) is 6.86. The first kappa shape index (κ1) is 19.1. The number of hydrogen-bond donors (Lipinski definition) is 0. The van der Waals surface area contributed by atoms with E-state index in [1.54, 1.807) is 12.1 Å². The molecule has 0 radical (unpaired) electrons. The van der Waals surface area contributed by atoms with Crippen LogP contribution in [0, 0.1) is 11.8 Å². The molecular weight excluding hydrogens is 386 g/mol. The smallest absolute Gasteiger partial charge is 0.286 e. The van der Waals surface area contributed by atoms with E-state index in [0.717, 1.165) is 51.2 Å². The Bertz CT molecular complexity index is 956. The van der Waals surface area contributed by atoms with Gasteiger partial charge in [-0.05, 0) is 55.7 Å². The van der Waals surface area contributed by atoms with Gasteiger partial charge in [-0.1, -0.05) is 25.7 Å². The van der Waals surface area contributed by atoms with Crippen LogP contribution in [0.4, 0.5) is 5.69 Å². The molecule has 2 atom stereocenters. The number of carbonyl (C=O) groups is 1. The van der Waals surface area contributed by atoms with Gasteiger partial charge < -0.3 is 9.80 Å². The number of hydrogen-bond acceptors (Lipinski definition) is 4. The summed E-state index contributed by atoms with van der Waals surface area (Å²) in [6, 6.07) is 5.18. The fourth-order valence-electron chi connectivity index (χ4n) is 5.58. The summed E-state index contributed by atoms with van der Waals surface area (Å²) < 4.78 is 29.8. The van der Waals surface area contributed by atoms with Crippen molar-refractivity contribution < 1.29 is 13.2 Å². The molecule has 3 fully saturated rings. The van der Waals surface area contributed by atoms with Crippen LogP contribution in [-0.2, 0) is 10.0 Å². The van der Waals surface area contributed by atoms with Crippen LogP contribution in [0.3, 0.4) is 0 Å². The molecular formula is C22H29N3O3S. The molecule has 0 N–H and O–H groups in total. The number of carbonyl (C=O) groups excluding carboxylic acids is 1. The number of nitrogens with zero attached hydrogens (tertiary/aromatic N) is 3. The third-order valence-electron chi connectivity index (χ3n) is 7.17. The van der Waals surface area contributed by atoms with Crippen molar-refractivity contribution in [3.8, 4) is 0 Å². The lowest BCUT2D eigenvalue weighted by Crippen LogP contribution is -2.44. The number of piperidine rings is 1. The zero-order chi connectivity index (χ0) is 20.0. The standard InChI is InChI=1S/C22H29N3O3S/c26-22(24-13-11-16-6-3-4-7-18(16)15-24)17-9-10-19-20(14-17)29(27,28)23-21-8-2-1-5-12-25(19)21/h9-10,14,16,18H,1-8,11-13,15H2/t16-,18-/m0/s1. The van der Waals surface area contributed by atoms with E-state index in [9.17, 15) is 13.2 Å². The number of likely N-dealkylation sites (tertiary alicyclic amines) is 1. The van der Waals surface area contributed by atoms with Crippen molar-refractivity contribution in [3.05, 3.63) is 23.8 Å². The Balaban J connectivity index is 1.43. The molecule has 1 amide bonds. The van der Waals surface area contributed by atoms with E-state index >= 15 is 0 Å². The molecule has 0 aromatic heterocycles. The van der Waals surface area contributed by atoms with Crippen molar-refractivity contribution in [1.82, 2.24) is 4.90 Å². The number of anilines is 1. The first-order valence-corrected chi connectivity index (χ1v) is 12.5. The lowest BCUT2D eigenvalue weighted by atomic mass is 9.75. The molecule has 0 spiro atoms. The summed E-state index contributed by atoms with van der Waals surface area (Å²) in [5.41, 5.74) is 1.15. The van der Waals surface area contributed by atoms with Crippen molar-refractivity contribution >= 4 is 27.5 Å². The highest BCUT2D eigenvalue weighted by Crippen LogP contribution is 2.38. The topological polar surface area (TPSA) is 70.0 Å². The maximum absolute atomic E-state index is 13.2. The van der Waals surface area contributed by atoms with Crippen LogP contribution in [0.25, 0.3) is 0 Å². The van der Waals surface area contributed by atoms with E-state index in [1.165, 1.54) is 25.7 Å². The molecule has 5 rings (SSSR count). The van der Waals surface area contributed by atoms with E-state index in [2.05, 4.69) is 4.40 Å². The molecule has 4 aliphatic rings. The maximum Gasteiger partial charge on any atom is 0.286 e. The SMILES string of the molecule is O=C(c1ccc2c(c1)S(=O)(=O)N=C1CCCCCN12)N1CC[C@@H]2CCCC[C@H]2C1. The van der Waals surface area contributed by atoms with E-state index in [-0.39, 0.29) is 10.8 Å². The highest BCUT2D eigenvalue weighted by Gasteiger charge is 2.35. The Hall–Kier alpha value is -1.89. The van der Waals surface area contributed by atoms with Gasteiger partial charge in [-0.15, -0.1) is 4.40 Å². The first-order chi connectivity index (χ1) is 14.0. The third kappa shape index (κ3) is 3.47. The monoisotopic (exact) mass is 415 g/mol. The second-order valence-electron chi connectivity index (χ2n) is 8.97. The highest BCUT2D eigenvalue weighted by molar-refractivity contribution is 7.90. The van der Waals surface area contributed by atoms with Gasteiger partial charge in [0.1, 0.15) is 10.7 Å². The molecule has 156 valence electrons.